The van der Waals surface area contributed by atoms with Crippen molar-refractivity contribution in [1.82, 2.24) is 19.6 Å². The molecule has 61 heavy (non-hydrogen) atoms. The van der Waals surface area contributed by atoms with Crippen LogP contribution in [0.1, 0.15) is 90.4 Å². The second-order valence-electron chi connectivity index (χ2n) is 16.6. The van der Waals surface area contributed by atoms with Gasteiger partial charge in [0, 0.05) is 63.1 Å². The van der Waals surface area contributed by atoms with E-state index in [0.717, 1.165) is 67.7 Å². The minimum absolute atomic E-state index is 0.0279. The maximum Gasteiger partial charge on any atom is 0.293 e. The van der Waals surface area contributed by atoms with Crippen molar-refractivity contribution in [3.8, 4) is 11.5 Å². The predicted octanol–water partition coefficient (Wildman–Crippen LogP) is 8.50. The highest BCUT2D eigenvalue weighted by Gasteiger charge is 2.40. The van der Waals surface area contributed by atoms with E-state index in [9.17, 15) is 23.3 Å². The van der Waals surface area contributed by atoms with E-state index in [2.05, 4.69) is 55.2 Å². The Kier molecular flexibility index (Phi) is 11.6. The van der Waals surface area contributed by atoms with Gasteiger partial charge in [-0.05, 0) is 122 Å². The van der Waals surface area contributed by atoms with Gasteiger partial charge in [-0.3, -0.25) is 19.8 Å². The zero-order valence-electron chi connectivity index (χ0n) is 34.0. The number of hydrogen-bond donors (Lipinski definition) is 3. The monoisotopic (exact) mass is 846 g/mol. The first-order valence-electron chi connectivity index (χ1n) is 21.1. The molecule has 5 aromatic rings. The van der Waals surface area contributed by atoms with Crippen LogP contribution in [0.5, 0.6) is 11.5 Å². The van der Waals surface area contributed by atoms with Crippen molar-refractivity contribution in [2.45, 2.75) is 80.4 Å². The number of nitro benzene ring substituents is 1. The molecule has 4 aliphatic rings. The third-order valence-electron chi connectivity index (χ3n) is 12.7. The molecule has 318 valence electrons. The average molecular weight is 847 g/mol. The number of rotatable bonds is 14. The maximum atomic E-state index is 13.9. The number of pyridine rings is 1. The standard InChI is InChI=1S/C46H50N6O8S/c1-58-36-24-42(39-5-3-2-4-38(39)31-6-7-31)51(28-36)34-11-8-30(9-12-34)32-10-14-40(44(23-32)60-35-22-33-16-19-47-45(33)49-27-35)46(53)50-61(56,57)37-13-15-41(43(25-37)52(54)55)48-26-29-17-20-59-21-18-29/h2-5,8,10,13-16,19,22-23,25,27,29,31,34,36,42,48H,6-7,9,11-12,17-18,20-21,24,26,28H2,1H3,(H,47,49)(H,50,53)/t34?,36-,42?/m0/s1. The Morgan fingerprint density at radius 2 is 1.84 bits per heavy atom. The summed E-state index contributed by atoms with van der Waals surface area (Å²) in [6, 6.07) is 21.9. The lowest BCUT2D eigenvalue weighted by Crippen LogP contribution is -2.37. The molecule has 4 heterocycles. The van der Waals surface area contributed by atoms with Gasteiger partial charge in [-0.2, -0.15) is 0 Å². The molecule has 0 radical (unpaired) electrons. The van der Waals surface area contributed by atoms with Crippen LogP contribution in [-0.2, 0) is 19.5 Å². The Balaban J connectivity index is 0.962. The number of H-pyrrole nitrogens is 1. The molecule has 2 aliphatic carbocycles. The molecule has 15 heteroatoms. The number of likely N-dealkylation sites (tertiary alicyclic amines) is 1. The summed E-state index contributed by atoms with van der Waals surface area (Å²) < 4.78 is 47.2. The van der Waals surface area contributed by atoms with E-state index in [1.165, 1.54) is 42.3 Å². The van der Waals surface area contributed by atoms with Gasteiger partial charge in [0.15, 0.2) is 0 Å². The largest absolute Gasteiger partial charge is 0.455 e. The molecule has 1 amide bonds. The predicted molar refractivity (Wildman–Crippen MR) is 231 cm³/mol. The first kappa shape index (κ1) is 40.8. The lowest BCUT2D eigenvalue weighted by Gasteiger charge is -2.36. The summed E-state index contributed by atoms with van der Waals surface area (Å²) in [6.45, 7) is 2.62. The van der Waals surface area contributed by atoms with E-state index < -0.39 is 31.4 Å². The number of aromatic amines is 1. The molecule has 3 fully saturated rings. The summed E-state index contributed by atoms with van der Waals surface area (Å²) >= 11 is 0. The second-order valence-corrected chi connectivity index (χ2v) is 18.3. The Labute approximate surface area is 354 Å². The fraction of sp³-hybridized carbons (Fsp3) is 0.391. The van der Waals surface area contributed by atoms with Crippen molar-refractivity contribution in [1.29, 1.82) is 0 Å². The van der Waals surface area contributed by atoms with Crippen molar-refractivity contribution in [3.05, 3.63) is 124 Å². The van der Waals surface area contributed by atoms with Crippen LogP contribution in [-0.4, -0.2) is 79.7 Å². The topological polar surface area (TPSA) is 178 Å². The number of anilines is 1. The summed E-state index contributed by atoms with van der Waals surface area (Å²) in [5, 5.41) is 16.0. The van der Waals surface area contributed by atoms with Gasteiger partial charge in [-0.25, -0.2) is 18.1 Å². The maximum absolute atomic E-state index is 13.9. The van der Waals surface area contributed by atoms with Crippen molar-refractivity contribution in [3.63, 3.8) is 0 Å². The van der Waals surface area contributed by atoms with Crippen molar-refractivity contribution < 1.29 is 32.3 Å². The lowest BCUT2D eigenvalue weighted by atomic mass is 9.88. The van der Waals surface area contributed by atoms with E-state index in [4.69, 9.17) is 14.2 Å². The third kappa shape index (κ3) is 8.92. The van der Waals surface area contributed by atoms with Gasteiger partial charge < -0.3 is 24.5 Å². The number of carbonyl (C=O) groups excluding carboxylic acids is 1. The molecular weight excluding hydrogens is 797 g/mol. The van der Waals surface area contributed by atoms with E-state index in [-0.39, 0.29) is 29.0 Å². The Morgan fingerprint density at radius 1 is 1.02 bits per heavy atom. The molecule has 0 bridgehead atoms. The average Bonchev–Trinajstić information content (AvgIpc) is 3.86. The molecule has 2 aliphatic heterocycles. The molecule has 9 rings (SSSR count). The van der Waals surface area contributed by atoms with Crippen LogP contribution >= 0.6 is 0 Å². The van der Waals surface area contributed by atoms with Crippen molar-refractivity contribution in [2.75, 3.05) is 38.7 Å². The molecule has 3 aromatic carbocycles. The van der Waals surface area contributed by atoms with E-state index in [0.29, 0.717) is 49.2 Å². The number of ether oxygens (including phenoxy) is 3. The number of allylic oxidation sites excluding steroid dienone is 1. The van der Waals surface area contributed by atoms with E-state index in [1.807, 2.05) is 12.1 Å². The minimum Gasteiger partial charge on any atom is -0.455 e. The van der Waals surface area contributed by atoms with Crippen LogP contribution in [0.2, 0.25) is 0 Å². The normalized spacial score (nSPS) is 21.3. The number of benzene rings is 3. The van der Waals surface area contributed by atoms with Gasteiger partial charge in [0.1, 0.15) is 22.8 Å². The van der Waals surface area contributed by atoms with Crippen molar-refractivity contribution >= 4 is 43.9 Å². The number of nitrogens with zero attached hydrogens (tertiary/aromatic N) is 3. The number of nitro groups is 1. The highest BCUT2D eigenvalue weighted by molar-refractivity contribution is 7.90. The number of sulfonamides is 1. The summed E-state index contributed by atoms with van der Waals surface area (Å²) in [4.78, 5) is 35.1. The number of aromatic nitrogens is 2. The van der Waals surface area contributed by atoms with Gasteiger partial charge >= 0.3 is 0 Å². The molecule has 0 spiro atoms. The number of hydrogen-bond acceptors (Lipinski definition) is 11. The fourth-order valence-electron chi connectivity index (χ4n) is 9.18. The Morgan fingerprint density at radius 3 is 2.59 bits per heavy atom. The smallest absolute Gasteiger partial charge is 0.293 e. The molecule has 14 nitrogen and oxygen atoms in total. The first-order chi connectivity index (χ1) is 29.6. The van der Waals surface area contributed by atoms with Crippen LogP contribution in [0.25, 0.3) is 16.6 Å². The first-order valence-corrected chi connectivity index (χ1v) is 22.6. The van der Waals surface area contributed by atoms with Crippen LogP contribution in [0.3, 0.4) is 0 Å². The van der Waals surface area contributed by atoms with Gasteiger partial charge in [0.25, 0.3) is 21.6 Å². The highest BCUT2D eigenvalue weighted by Crippen LogP contribution is 2.47. The van der Waals surface area contributed by atoms with Crippen LogP contribution < -0.4 is 14.8 Å². The molecular formula is C46H50N6O8S. The summed E-state index contributed by atoms with van der Waals surface area (Å²) in [5.74, 6) is 0.485. The van der Waals surface area contributed by atoms with Gasteiger partial charge in [0.2, 0.25) is 0 Å². The summed E-state index contributed by atoms with van der Waals surface area (Å²) in [7, 11) is -2.75. The highest BCUT2D eigenvalue weighted by atomic mass is 32.2. The summed E-state index contributed by atoms with van der Waals surface area (Å²) in [5.41, 5.74) is 5.29. The Bertz CT molecular complexity index is 2580. The molecule has 2 aromatic heterocycles. The quantitative estimate of drug-likeness (QED) is 0.0721. The number of methoxy groups -OCH3 is 1. The van der Waals surface area contributed by atoms with Crippen molar-refractivity contribution in [2.24, 2.45) is 5.92 Å². The molecule has 3 atom stereocenters. The van der Waals surface area contributed by atoms with Crippen LogP contribution in [0.4, 0.5) is 11.4 Å². The molecule has 1 saturated carbocycles. The van der Waals surface area contributed by atoms with Crippen LogP contribution in [0, 0.1) is 16.0 Å². The van der Waals surface area contributed by atoms with Gasteiger partial charge in [0.05, 0.1) is 27.7 Å². The number of carbonyl (C=O) groups is 1. The van der Waals surface area contributed by atoms with Gasteiger partial charge in [-0.15, -0.1) is 0 Å². The zero-order chi connectivity index (χ0) is 42.1. The van der Waals surface area contributed by atoms with Gasteiger partial charge in [-0.1, -0.05) is 36.4 Å². The van der Waals surface area contributed by atoms with E-state index in [1.54, 1.807) is 31.5 Å². The molecule has 2 unspecified atom stereocenters. The van der Waals surface area contributed by atoms with Crippen LogP contribution in [0.15, 0.2) is 96.2 Å². The summed E-state index contributed by atoms with van der Waals surface area (Å²) in [6.07, 6.45) is 13.4. The third-order valence-corrected chi connectivity index (χ3v) is 14.0. The minimum atomic E-state index is -4.55. The lowest BCUT2D eigenvalue weighted by molar-refractivity contribution is -0.384. The Hall–Kier alpha value is -5.61. The SMILES string of the molecule is CO[C@H]1CC(c2ccccc2C2CC2)N(C2CC=C(c3ccc(C(=O)NS(=O)(=O)c4ccc(NCC5CCOCC5)c([N+](=O)[O-])c4)c(Oc4cnc5[nH]ccc5c4)c3)CC2)C1. The number of amides is 1. The zero-order valence-corrected chi connectivity index (χ0v) is 34.9. The number of fused-ring (bicyclic) bond motifs is 1. The van der Waals surface area contributed by atoms with E-state index >= 15 is 0 Å². The number of nitrogens with one attached hydrogen (secondary N) is 3. The fourth-order valence-corrected chi connectivity index (χ4v) is 10.2. The molecule has 2 saturated heterocycles. The molecule has 3 N–H and O–H groups in total. The second kappa shape index (κ2) is 17.4.